The Hall–Kier alpha value is -2.88. The Bertz CT molecular complexity index is 819. The standard InChI is InChI=1S/C13H18O.C11H16O.CO2.H2O/c1-5-7-12-10(3)8-9-11(4)13(12)14-6-2;1-5-12-11-9(3)7-6-8(2)10(11)4;2-1-3;/h5,8-9H,1,6-7H2,2-4H3;6-7H,5H2,1-4H3;;1H2. The van der Waals surface area contributed by atoms with E-state index >= 15 is 0 Å². The normalized spacial score (nSPS) is 8.90. The van der Waals surface area contributed by atoms with Crippen LogP contribution in [0.2, 0.25) is 0 Å². The number of rotatable bonds is 6. The van der Waals surface area contributed by atoms with Gasteiger partial charge in [0.15, 0.2) is 0 Å². The summed E-state index contributed by atoms with van der Waals surface area (Å²) in [5.41, 5.74) is 7.52. The molecule has 5 heteroatoms. The Morgan fingerprint density at radius 1 is 0.800 bits per heavy atom. The monoisotopic (exact) mass is 416 g/mol. The lowest BCUT2D eigenvalue weighted by Gasteiger charge is -2.14. The molecule has 30 heavy (non-hydrogen) atoms. The topological polar surface area (TPSA) is 84.1 Å². The molecule has 0 atom stereocenters. The van der Waals surface area contributed by atoms with Gasteiger partial charge in [0, 0.05) is 5.56 Å². The Morgan fingerprint density at radius 3 is 1.67 bits per heavy atom. The van der Waals surface area contributed by atoms with Crippen LogP contribution in [0.5, 0.6) is 11.5 Å². The Kier molecular flexibility index (Phi) is 15.6. The van der Waals surface area contributed by atoms with Gasteiger partial charge < -0.3 is 14.9 Å². The third-order valence-corrected chi connectivity index (χ3v) is 4.49. The van der Waals surface area contributed by atoms with Crippen LogP contribution in [0.1, 0.15) is 47.2 Å². The van der Waals surface area contributed by atoms with Gasteiger partial charge in [0.25, 0.3) is 0 Å². The molecule has 0 saturated heterocycles. The number of hydrogen-bond acceptors (Lipinski definition) is 4. The molecule has 0 aliphatic rings. The first-order valence-electron chi connectivity index (χ1n) is 9.80. The molecule has 0 unspecified atom stereocenters. The predicted octanol–water partition coefficient (Wildman–Crippen LogP) is 5.03. The van der Waals surface area contributed by atoms with Crippen molar-refractivity contribution >= 4 is 6.15 Å². The summed E-state index contributed by atoms with van der Waals surface area (Å²) in [6.07, 6.45) is 3.05. The lowest BCUT2D eigenvalue weighted by molar-refractivity contribution is -0.191. The minimum absolute atomic E-state index is 0. The van der Waals surface area contributed by atoms with Crippen molar-refractivity contribution in [3.63, 3.8) is 0 Å². The van der Waals surface area contributed by atoms with E-state index in [1.165, 1.54) is 33.4 Å². The third kappa shape index (κ3) is 9.08. The first-order chi connectivity index (χ1) is 13.8. The molecule has 0 aliphatic carbocycles. The molecule has 0 spiro atoms. The number of hydrogen-bond donors (Lipinski definition) is 0. The lowest BCUT2D eigenvalue weighted by Crippen LogP contribution is -2.00. The van der Waals surface area contributed by atoms with Gasteiger partial charge in [-0.15, -0.1) is 6.58 Å². The highest BCUT2D eigenvalue weighted by Gasteiger charge is 2.08. The maximum Gasteiger partial charge on any atom is 0.373 e. The molecule has 0 radical (unpaired) electrons. The molecule has 0 amide bonds. The van der Waals surface area contributed by atoms with Gasteiger partial charge in [-0.1, -0.05) is 30.3 Å². The van der Waals surface area contributed by atoms with E-state index in [1.54, 1.807) is 0 Å². The van der Waals surface area contributed by atoms with Crippen LogP contribution < -0.4 is 9.47 Å². The summed E-state index contributed by atoms with van der Waals surface area (Å²) in [5, 5.41) is 0. The Morgan fingerprint density at radius 2 is 1.20 bits per heavy atom. The highest BCUT2D eigenvalue weighted by molar-refractivity contribution is 5.46. The van der Waals surface area contributed by atoms with Gasteiger partial charge in [-0.3, -0.25) is 0 Å². The first kappa shape index (κ1) is 29.3. The summed E-state index contributed by atoms with van der Waals surface area (Å²) in [4.78, 5) is 16.2. The van der Waals surface area contributed by atoms with Crippen molar-refractivity contribution < 1.29 is 24.5 Å². The predicted molar refractivity (Wildman–Crippen MR) is 121 cm³/mol. The first-order valence-corrected chi connectivity index (χ1v) is 9.80. The second-order valence-electron chi connectivity index (χ2n) is 6.60. The molecule has 2 aromatic rings. The molecule has 166 valence electrons. The summed E-state index contributed by atoms with van der Waals surface area (Å²) in [6.45, 7) is 19.7. The highest BCUT2D eigenvalue weighted by atomic mass is 16.5. The molecule has 0 aliphatic heterocycles. The van der Waals surface area contributed by atoms with Crippen LogP contribution in [0, 0.1) is 34.6 Å². The molecule has 0 fully saturated rings. The molecule has 2 rings (SSSR count). The van der Waals surface area contributed by atoms with Crippen molar-refractivity contribution in [3.05, 3.63) is 70.3 Å². The highest BCUT2D eigenvalue weighted by Crippen LogP contribution is 2.27. The van der Waals surface area contributed by atoms with E-state index in [4.69, 9.17) is 19.1 Å². The molecule has 0 bridgehead atoms. The number of allylic oxidation sites excluding steroid dienone is 1. The average Bonchev–Trinajstić information content (AvgIpc) is 2.69. The van der Waals surface area contributed by atoms with E-state index in [-0.39, 0.29) is 11.6 Å². The van der Waals surface area contributed by atoms with Crippen molar-refractivity contribution in [2.45, 2.75) is 54.9 Å². The zero-order valence-electron chi connectivity index (χ0n) is 19.3. The van der Waals surface area contributed by atoms with E-state index in [0.717, 1.165) is 24.5 Å². The number of carbonyl (C=O) groups excluding carboxylic acids is 2. The van der Waals surface area contributed by atoms with Crippen molar-refractivity contribution in [3.8, 4) is 11.5 Å². The van der Waals surface area contributed by atoms with Crippen molar-refractivity contribution in [1.82, 2.24) is 0 Å². The lowest BCUT2D eigenvalue weighted by atomic mass is 10.0. The van der Waals surface area contributed by atoms with E-state index in [2.05, 4.69) is 65.5 Å². The second kappa shape index (κ2) is 16.0. The molecule has 5 nitrogen and oxygen atoms in total. The van der Waals surface area contributed by atoms with Crippen molar-refractivity contribution in [2.24, 2.45) is 0 Å². The third-order valence-electron chi connectivity index (χ3n) is 4.49. The molecule has 2 N–H and O–H groups in total. The van der Waals surface area contributed by atoms with Gasteiger partial charge >= 0.3 is 6.15 Å². The number of ether oxygens (including phenoxy) is 2. The van der Waals surface area contributed by atoms with Crippen LogP contribution >= 0.6 is 0 Å². The zero-order chi connectivity index (χ0) is 22.4. The summed E-state index contributed by atoms with van der Waals surface area (Å²) >= 11 is 0. The van der Waals surface area contributed by atoms with Gasteiger partial charge in [-0.05, 0) is 82.7 Å². The molecular weight excluding hydrogens is 380 g/mol. The van der Waals surface area contributed by atoms with Crippen LogP contribution in [0.4, 0.5) is 0 Å². The van der Waals surface area contributed by atoms with Crippen LogP contribution in [0.25, 0.3) is 0 Å². The van der Waals surface area contributed by atoms with Gasteiger partial charge in [0.1, 0.15) is 11.5 Å². The van der Waals surface area contributed by atoms with E-state index in [1.807, 2.05) is 19.9 Å². The van der Waals surface area contributed by atoms with Crippen LogP contribution in [-0.2, 0) is 16.0 Å². The van der Waals surface area contributed by atoms with Gasteiger partial charge in [-0.25, -0.2) is 0 Å². The number of benzene rings is 2. The summed E-state index contributed by atoms with van der Waals surface area (Å²) in [7, 11) is 0. The molecule has 0 aromatic heterocycles. The van der Waals surface area contributed by atoms with Crippen LogP contribution in [0.3, 0.4) is 0 Å². The second-order valence-corrected chi connectivity index (χ2v) is 6.60. The Balaban J connectivity index is 0. The van der Waals surface area contributed by atoms with Gasteiger partial charge in [-0.2, -0.15) is 9.59 Å². The van der Waals surface area contributed by atoms with E-state index < -0.39 is 0 Å². The number of aryl methyl sites for hydroxylation is 4. The van der Waals surface area contributed by atoms with Crippen LogP contribution in [-0.4, -0.2) is 24.8 Å². The van der Waals surface area contributed by atoms with Crippen molar-refractivity contribution in [2.75, 3.05) is 13.2 Å². The average molecular weight is 417 g/mol. The fourth-order valence-electron chi connectivity index (χ4n) is 2.88. The summed E-state index contributed by atoms with van der Waals surface area (Å²) in [5.74, 6) is 2.09. The minimum Gasteiger partial charge on any atom is -0.493 e. The maximum absolute atomic E-state index is 8.12. The fourth-order valence-corrected chi connectivity index (χ4v) is 2.88. The smallest absolute Gasteiger partial charge is 0.373 e. The largest absolute Gasteiger partial charge is 0.493 e. The molecule has 0 saturated carbocycles. The quantitative estimate of drug-likeness (QED) is 0.618. The summed E-state index contributed by atoms with van der Waals surface area (Å²) in [6, 6.07) is 8.48. The zero-order valence-corrected chi connectivity index (χ0v) is 19.3. The minimum atomic E-state index is 0. The SMILES string of the molecule is C=CCc1c(C)ccc(C)c1OCC.CCOc1c(C)ccc(C)c1C.O.O=C=O. The van der Waals surface area contributed by atoms with Crippen molar-refractivity contribution in [1.29, 1.82) is 0 Å². The van der Waals surface area contributed by atoms with Gasteiger partial charge in [0.2, 0.25) is 0 Å². The molecular formula is C25H36O5. The summed E-state index contributed by atoms with van der Waals surface area (Å²) < 4.78 is 11.2. The molecule has 0 heterocycles. The Labute approximate surface area is 181 Å². The van der Waals surface area contributed by atoms with Crippen LogP contribution in [0.15, 0.2) is 36.9 Å². The fraction of sp³-hybridized carbons (Fsp3) is 0.400. The van der Waals surface area contributed by atoms with Gasteiger partial charge in [0.05, 0.1) is 13.2 Å². The maximum atomic E-state index is 8.12. The van der Waals surface area contributed by atoms with E-state index in [0.29, 0.717) is 6.61 Å². The van der Waals surface area contributed by atoms with E-state index in [9.17, 15) is 0 Å². The molecule has 2 aromatic carbocycles.